The molecule has 0 saturated carbocycles. The van der Waals surface area contributed by atoms with E-state index in [9.17, 15) is 9.18 Å². The molecule has 0 bridgehead atoms. The second-order valence-corrected chi connectivity index (χ2v) is 10.6. The van der Waals surface area contributed by atoms with Crippen LogP contribution in [0.4, 0.5) is 14.9 Å². The topological polar surface area (TPSA) is 75.9 Å². The number of aromatic nitrogens is 4. The smallest absolute Gasteiger partial charge is 0.410 e. The summed E-state index contributed by atoms with van der Waals surface area (Å²) in [5.74, 6) is 0.0454. The molecular formula is C27H31FN6O2. The number of carbonyl (C=O) groups excluding carboxylic acids is 1. The first-order valence-corrected chi connectivity index (χ1v) is 12.2. The summed E-state index contributed by atoms with van der Waals surface area (Å²) < 4.78 is 21.8. The lowest BCUT2D eigenvalue weighted by molar-refractivity contribution is 0.00566. The van der Waals surface area contributed by atoms with Gasteiger partial charge in [-0.25, -0.2) is 24.1 Å². The van der Waals surface area contributed by atoms with Crippen molar-refractivity contribution < 1.29 is 13.9 Å². The fraction of sp³-hybridized carbons (Fsp3) is 0.407. The van der Waals surface area contributed by atoms with Crippen molar-refractivity contribution in [3.8, 4) is 11.4 Å². The van der Waals surface area contributed by atoms with Gasteiger partial charge in [0.25, 0.3) is 0 Å². The van der Waals surface area contributed by atoms with E-state index in [0.29, 0.717) is 24.5 Å². The number of carbonyl (C=O) groups is 1. The maximum atomic E-state index is 14.6. The van der Waals surface area contributed by atoms with Crippen LogP contribution in [0, 0.1) is 12.7 Å². The first-order valence-electron chi connectivity index (χ1n) is 12.2. The van der Waals surface area contributed by atoms with Gasteiger partial charge in [0.05, 0.1) is 23.3 Å². The molecule has 8 nitrogen and oxygen atoms in total. The number of imidazole rings is 1. The number of amides is 1. The fourth-order valence-electron chi connectivity index (χ4n) is 4.87. The highest BCUT2D eigenvalue weighted by Crippen LogP contribution is 2.28. The van der Waals surface area contributed by atoms with Crippen LogP contribution >= 0.6 is 0 Å². The zero-order chi connectivity index (χ0) is 25.8. The van der Waals surface area contributed by atoms with Gasteiger partial charge in [-0.3, -0.25) is 4.90 Å². The number of anilines is 1. The molecule has 1 saturated heterocycles. The summed E-state index contributed by atoms with van der Waals surface area (Å²) in [5, 5.41) is 0.895. The average Bonchev–Trinajstić information content (AvgIpc) is 3.17. The molecule has 3 aromatic heterocycles. The number of rotatable bonds is 2. The average molecular weight is 491 g/mol. The zero-order valence-corrected chi connectivity index (χ0v) is 21.5. The Bertz CT molecular complexity index is 1450. The molecule has 5 rings (SSSR count). The molecule has 9 heteroatoms. The van der Waals surface area contributed by atoms with Crippen LogP contribution in [-0.4, -0.2) is 61.1 Å². The molecule has 1 aliphatic heterocycles. The lowest BCUT2D eigenvalue weighted by atomic mass is 10.1. The fourth-order valence-corrected chi connectivity index (χ4v) is 4.87. The van der Waals surface area contributed by atoms with E-state index in [1.807, 2.05) is 58.6 Å². The Morgan fingerprint density at radius 2 is 1.81 bits per heavy atom. The van der Waals surface area contributed by atoms with E-state index in [2.05, 4.69) is 25.9 Å². The van der Waals surface area contributed by atoms with Crippen LogP contribution in [0.15, 0.2) is 42.9 Å². The van der Waals surface area contributed by atoms with Crippen molar-refractivity contribution in [2.45, 2.75) is 59.2 Å². The first-order chi connectivity index (χ1) is 17.0. The molecule has 0 aliphatic carbocycles. The van der Waals surface area contributed by atoms with E-state index in [1.54, 1.807) is 23.0 Å². The number of pyridine rings is 1. The maximum Gasteiger partial charge on any atom is 0.410 e. The van der Waals surface area contributed by atoms with E-state index in [0.717, 1.165) is 22.3 Å². The minimum absolute atomic E-state index is 0.00505. The highest BCUT2D eigenvalue weighted by Gasteiger charge is 2.35. The molecule has 4 heterocycles. The molecular weight excluding hydrogens is 459 g/mol. The van der Waals surface area contributed by atoms with E-state index in [1.165, 1.54) is 6.07 Å². The lowest BCUT2D eigenvalue weighted by Crippen LogP contribution is -2.59. The standard InChI is InChI=1S/C27H31FN6O2/c1-16-12-33-15-20(10-22(28)25(33)30-16)24-29-11-19-9-21(7-8-23(19)31-24)32-13-17(2)34(18(3)14-32)26(35)36-27(4,5)6/h7-12,15,17-18H,13-14H2,1-6H3/t17-,18+. The molecule has 4 aromatic rings. The van der Waals surface area contributed by atoms with Crippen LogP contribution < -0.4 is 4.90 Å². The maximum absolute atomic E-state index is 14.6. The second kappa shape index (κ2) is 8.72. The number of nitrogens with zero attached hydrogens (tertiary/aromatic N) is 6. The molecule has 1 aromatic carbocycles. The summed E-state index contributed by atoms with van der Waals surface area (Å²) in [6, 6.07) is 7.46. The summed E-state index contributed by atoms with van der Waals surface area (Å²) in [7, 11) is 0. The van der Waals surface area contributed by atoms with Gasteiger partial charge in [-0.05, 0) is 65.8 Å². The molecule has 1 amide bonds. The zero-order valence-electron chi connectivity index (χ0n) is 21.5. The van der Waals surface area contributed by atoms with Gasteiger partial charge in [-0.2, -0.15) is 0 Å². The van der Waals surface area contributed by atoms with Gasteiger partial charge in [-0.15, -0.1) is 0 Å². The van der Waals surface area contributed by atoms with Crippen molar-refractivity contribution in [3.63, 3.8) is 0 Å². The van der Waals surface area contributed by atoms with Crippen LogP contribution in [0.3, 0.4) is 0 Å². The molecule has 0 N–H and O–H groups in total. The quantitative estimate of drug-likeness (QED) is 0.383. The highest BCUT2D eigenvalue weighted by atomic mass is 19.1. The third-order valence-electron chi connectivity index (χ3n) is 6.34. The Morgan fingerprint density at radius 3 is 2.50 bits per heavy atom. The number of benzene rings is 1. The van der Waals surface area contributed by atoms with Gasteiger partial charge >= 0.3 is 6.09 Å². The molecule has 0 unspecified atom stereocenters. The normalized spacial score (nSPS) is 18.8. The van der Waals surface area contributed by atoms with Crippen LogP contribution in [-0.2, 0) is 4.74 Å². The van der Waals surface area contributed by atoms with Gasteiger partial charge < -0.3 is 14.0 Å². The number of piperazine rings is 1. The molecule has 0 spiro atoms. The molecule has 1 aliphatic rings. The summed E-state index contributed by atoms with van der Waals surface area (Å²) in [5.41, 5.74) is 2.91. The van der Waals surface area contributed by atoms with Crippen LogP contribution in [0.5, 0.6) is 0 Å². The minimum Gasteiger partial charge on any atom is -0.444 e. The SMILES string of the molecule is Cc1cn2cc(-c3ncc4cc(N5C[C@@H](C)N(C(=O)OC(C)(C)C)[C@@H](C)C5)ccc4n3)cc(F)c2n1. The predicted molar refractivity (Wildman–Crippen MR) is 138 cm³/mol. The van der Waals surface area contributed by atoms with Crippen molar-refractivity contribution in [2.75, 3.05) is 18.0 Å². The largest absolute Gasteiger partial charge is 0.444 e. The number of aryl methyl sites for hydroxylation is 1. The third kappa shape index (κ3) is 4.57. The second-order valence-electron chi connectivity index (χ2n) is 10.6. The number of fused-ring (bicyclic) bond motifs is 2. The first kappa shape index (κ1) is 24.0. The van der Waals surface area contributed by atoms with Crippen molar-refractivity contribution in [2.24, 2.45) is 0 Å². The number of hydrogen-bond donors (Lipinski definition) is 0. The van der Waals surface area contributed by atoms with Gasteiger partial charge in [-0.1, -0.05) is 0 Å². The van der Waals surface area contributed by atoms with Crippen molar-refractivity contribution in [1.29, 1.82) is 0 Å². The van der Waals surface area contributed by atoms with E-state index in [4.69, 9.17) is 4.74 Å². The Hall–Kier alpha value is -3.75. The van der Waals surface area contributed by atoms with Crippen molar-refractivity contribution >= 4 is 28.3 Å². The van der Waals surface area contributed by atoms with Crippen LogP contribution in [0.25, 0.3) is 27.9 Å². The molecule has 188 valence electrons. The molecule has 2 atom stereocenters. The van der Waals surface area contributed by atoms with Gasteiger partial charge in [0, 0.05) is 48.3 Å². The van der Waals surface area contributed by atoms with E-state index >= 15 is 0 Å². The monoisotopic (exact) mass is 490 g/mol. The predicted octanol–water partition coefficient (Wildman–Crippen LogP) is 5.23. The third-order valence-corrected chi connectivity index (χ3v) is 6.34. The number of ether oxygens (including phenoxy) is 1. The minimum atomic E-state index is -0.528. The van der Waals surface area contributed by atoms with Crippen LogP contribution in [0.2, 0.25) is 0 Å². The summed E-state index contributed by atoms with van der Waals surface area (Å²) in [6.07, 6.45) is 5.06. The molecule has 36 heavy (non-hydrogen) atoms. The number of hydrogen-bond acceptors (Lipinski definition) is 6. The lowest BCUT2D eigenvalue weighted by Gasteiger charge is -2.45. The van der Waals surface area contributed by atoms with Crippen molar-refractivity contribution in [3.05, 3.63) is 54.4 Å². The van der Waals surface area contributed by atoms with E-state index in [-0.39, 0.29) is 23.8 Å². The number of halogens is 1. The van der Waals surface area contributed by atoms with Gasteiger partial charge in [0.2, 0.25) is 0 Å². The van der Waals surface area contributed by atoms with E-state index < -0.39 is 11.4 Å². The Morgan fingerprint density at radius 1 is 1.08 bits per heavy atom. The summed E-state index contributed by atoms with van der Waals surface area (Å²) in [4.78, 5) is 30.2. The molecule has 1 fully saturated rings. The Kier molecular flexibility index (Phi) is 5.81. The van der Waals surface area contributed by atoms with Crippen molar-refractivity contribution in [1.82, 2.24) is 24.3 Å². The van der Waals surface area contributed by atoms with Crippen LogP contribution in [0.1, 0.15) is 40.3 Å². The Balaban J connectivity index is 1.38. The highest BCUT2D eigenvalue weighted by molar-refractivity contribution is 5.83. The van der Waals surface area contributed by atoms with Gasteiger partial charge in [0.1, 0.15) is 5.60 Å². The molecule has 0 radical (unpaired) electrons. The summed E-state index contributed by atoms with van der Waals surface area (Å²) in [6.45, 7) is 12.9. The summed E-state index contributed by atoms with van der Waals surface area (Å²) >= 11 is 0. The Labute approximate surface area is 209 Å². The van der Waals surface area contributed by atoms with Gasteiger partial charge in [0.15, 0.2) is 17.3 Å².